The molecule has 0 atom stereocenters. The fraction of sp³-hybridized carbons (Fsp3) is 0.222. The molecule has 3 aromatic rings. The zero-order valence-corrected chi connectivity index (χ0v) is 13.8. The van der Waals surface area contributed by atoms with Crippen molar-refractivity contribution >= 4 is 0 Å². The number of nitrogens with zero attached hydrogens (tertiary/aromatic N) is 2. The van der Waals surface area contributed by atoms with Gasteiger partial charge in [-0.25, -0.2) is 0 Å². The minimum Gasteiger partial charge on any atom is -0.494 e. The lowest BCUT2D eigenvalue weighted by Crippen LogP contribution is -1.91. The van der Waals surface area contributed by atoms with Gasteiger partial charge >= 0.3 is 0 Å². The standard InChI is InChI=1S/C18H18N2O4/c1-4-23-14-8-5-12(6-9-14)18-19-17(20-24-18)13-7-10-15(21-2)16(11-13)22-3/h5-11H,4H2,1-3H3. The highest BCUT2D eigenvalue weighted by Gasteiger charge is 2.13. The molecule has 0 saturated carbocycles. The summed E-state index contributed by atoms with van der Waals surface area (Å²) in [6, 6.07) is 13.0. The molecule has 0 spiro atoms. The summed E-state index contributed by atoms with van der Waals surface area (Å²) in [6.45, 7) is 2.57. The molecular formula is C18H18N2O4. The van der Waals surface area contributed by atoms with Crippen molar-refractivity contribution < 1.29 is 18.7 Å². The molecule has 3 rings (SSSR count). The van der Waals surface area contributed by atoms with Crippen LogP contribution in [0.3, 0.4) is 0 Å². The van der Waals surface area contributed by atoms with Gasteiger partial charge in [0.05, 0.1) is 20.8 Å². The lowest BCUT2D eigenvalue weighted by atomic mass is 10.2. The number of hydrogen-bond acceptors (Lipinski definition) is 6. The molecular weight excluding hydrogens is 308 g/mol. The van der Waals surface area contributed by atoms with E-state index in [-0.39, 0.29) is 0 Å². The number of methoxy groups -OCH3 is 2. The molecule has 6 heteroatoms. The van der Waals surface area contributed by atoms with E-state index in [0.717, 1.165) is 16.9 Å². The van der Waals surface area contributed by atoms with Crippen LogP contribution in [0, 0.1) is 0 Å². The van der Waals surface area contributed by atoms with Gasteiger partial charge in [-0.2, -0.15) is 4.98 Å². The predicted molar refractivity (Wildman–Crippen MR) is 89.4 cm³/mol. The van der Waals surface area contributed by atoms with Crippen LogP contribution < -0.4 is 14.2 Å². The Balaban J connectivity index is 1.87. The second-order valence-electron chi connectivity index (χ2n) is 4.95. The van der Waals surface area contributed by atoms with Gasteiger partial charge in [-0.1, -0.05) is 5.16 Å². The monoisotopic (exact) mass is 326 g/mol. The first kappa shape index (κ1) is 15.9. The van der Waals surface area contributed by atoms with Crippen LogP contribution in [0.2, 0.25) is 0 Å². The molecule has 124 valence electrons. The summed E-state index contributed by atoms with van der Waals surface area (Å²) >= 11 is 0. The number of hydrogen-bond donors (Lipinski definition) is 0. The SMILES string of the molecule is CCOc1ccc(-c2nc(-c3ccc(OC)c(OC)c3)no2)cc1. The quantitative estimate of drug-likeness (QED) is 0.686. The van der Waals surface area contributed by atoms with Gasteiger partial charge in [0.2, 0.25) is 5.82 Å². The molecule has 0 radical (unpaired) electrons. The van der Waals surface area contributed by atoms with Gasteiger partial charge in [-0.05, 0) is 49.4 Å². The van der Waals surface area contributed by atoms with E-state index in [1.54, 1.807) is 20.3 Å². The summed E-state index contributed by atoms with van der Waals surface area (Å²) in [7, 11) is 3.18. The predicted octanol–water partition coefficient (Wildman–Crippen LogP) is 3.82. The third-order valence-corrected chi connectivity index (χ3v) is 3.48. The van der Waals surface area contributed by atoms with E-state index >= 15 is 0 Å². The summed E-state index contributed by atoms with van der Waals surface area (Å²) in [5.74, 6) is 3.00. The van der Waals surface area contributed by atoms with Gasteiger partial charge in [-0.3, -0.25) is 0 Å². The third kappa shape index (κ3) is 3.17. The first-order valence-corrected chi connectivity index (χ1v) is 7.54. The van der Waals surface area contributed by atoms with Crippen LogP contribution in [0.25, 0.3) is 22.8 Å². The second-order valence-corrected chi connectivity index (χ2v) is 4.95. The topological polar surface area (TPSA) is 66.6 Å². The van der Waals surface area contributed by atoms with E-state index < -0.39 is 0 Å². The molecule has 0 N–H and O–H groups in total. The van der Waals surface area contributed by atoms with Gasteiger partial charge in [0.1, 0.15) is 5.75 Å². The minimum atomic E-state index is 0.447. The summed E-state index contributed by atoms with van der Waals surface area (Å²) in [5, 5.41) is 4.04. The Bertz CT molecular complexity index is 812. The fourth-order valence-corrected chi connectivity index (χ4v) is 2.29. The number of benzene rings is 2. The average molecular weight is 326 g/mol. The van der Waals surface area contributed by atoms with E-state index in [0.29, 0.717) is 29.8 Å². The third-order valence-electron chi connectivity index (χ3n) is 3.48. The van der Waals surface area contributed by atoms with Gasteiger partial charge < -0.3 is 18.7 Å². The molecule has 0 aliphatic heterocycles. The Morgan fingerprint density at radius 2 is 1.62 bits per heavy atom. The Morgan fingerprint density at radius 3 is 2.29 bits per heavy atom. The fourth-order valence-electron chi connectivity index (χ4n) is 2.29. The van der Waals surface area contributed by atoms with Gasteiger partial charge in [0.25, 0.3) is 5.89 Å². The molecule has 0 aliphatic rings. The van der Waals surface area contributed by atoms with Crippen LogP contribution in [0.4, 0.5) is 0 Å². The largest absolute Gasteiger partial charge is 0.494 e. The van der Waals surface area contributed by atoms with Crippen molar-refractivity contribution in [3.63, 3.8) is 0 Å². The van der Waals surface area contributed by atoms with Crippen molar-refractivity contribution in [3.05, 3.63) is 42.5 Å². The molecule has 2 aromatic carbocycles. The highest BCUT2D eigenvalue weighted by molar-refractivity contribution is 5.63. The van der Waals surface area contributed by atoms with E-state index in [1.165, 1.54) is 0 Å². The normalized spacial score (nSPS) is 10.5. The Kier molecular flexibility index (Phi) is 4.65. The molecule has 0 fully saturated rings. The van der Waals surface area contributed by atoms with E-state index in [1.807, 2.05) is 43.3 Å². The Hall–Kier alpha value is -3.02. The molecule has 0 aliphatic carbocycles. The number of rotatable bonds is 6. The number of aromatic nitrogens is 2. The average Bonchev–Trinajstić information content (AvgIpc) is 3.12. The zero-order chi connectivity index (χ0) is 16.9. The summed E-state index contributed by atoms with van der Waals surface area (Å²) in [4.78, 5) is 4.44. The molecule has 0 amide bonds. The van der Waals surface area contributed by atoms with Crippen LogP contribution >= 0.6 is 0 Å². The molecule has 1 heterocycles. The molecule has 0 unspecified atom stereocenters. The van der Waals surface area contributed by atoms with E-state index in [9.17, 15) is 0 Å². The van der Waals surface area contributed by atoms with Crippen LogP contribution in [-0.2, 0) is 0 Å². The molecule has 1 aromatic heterocycles. The zero-order valence-electron chi connectivity index (χ0n) is 13.8. The lowest BCUT2D eigenvalue weighted by Gasteiger charge is -2.07. The van der Waals surface area contributed by atoms with Crippen molar-refractivity contribution in [1.29, 1.82) is 0 Å². The molecule has 6 nitrogen and oxygen atoms in total. The highest BCUT2D eigenvalue weighted by atomic mass is 16.5. The maximum Gasteiger partial charge on any atom is 0.258 e. The van der Waals surface area contributed by atoms with Crippen molar-refractivity contribution in [1.82, 2.24) is 10.1 Å². The van der Waals surface area contributed by atoms with Crippen LogP contribution in [-0.4, -0.2) is 31.0 Å². The summed E-state index contributed by atoms with van der Waals surface area (Å²) in [6.07, 6.45) is 0. The maximum absolute atomic E-state index is 5.43. The van der Waals surface area contributed by atoms with Crippen molar-refractivity contribution in [3.8, 4) is 40.1 Å². The van der Waals surface area contributed by atoms with Crippen LogP contribution in [0.1, 0.15) is 6.92 Å². The molecule has 24 heavy (non-hydrogen) atoms. The molecule has 0 bridgehead atoms. The minimum absolute atomic E-state index is 0.447. The van der Waals surface area contributed by atoms with E-state index in [2.05, 4.69) is 10.1 Å². The van der Waals surface area contributed by atoms with Crippen molar-refractivity contribution in [2.45, 2.75) is 6.92 Å². The Labute approximate surface area is 140 Å². The van der Waals surface area contributed by atoms with Crippen LogP contribution in [0.5, 0.6) is 17.2 Å². The second kappa shape index (κ2) is 7.04. The highest BCUT2D eigenvalue weighted by Crippen LogP contribution is 2.32. The van der Waals surface area contributed by atoms with Gasteiger partial charge in [0, 0.05) is 11.1 Å². The number of ether oxygens (including phenoxy) is 3. The van der Waals surface area contributed by atoms with Crippen molar-refractivity contribution in [2.75, 3.05) is 20.8 Å². The van der Waals surface area contributed by atoms with Gasteiger partial charge in [-0.15, -0.1) is 0 Å². The maximum atomic E-state index is 5.43. The smallest absolute Gasteiger partial charge is 0.258 e. The summed E-state index contributed by atoms with van der Waals surface area (Å²) in [5.41, 5.74) is 1.62. The van der Waals surface area contributed by atoms with E-state index in [4.69, 9.17) is 18.7 Å². The van der Waals surface area contributed by atoms with Gasteiger partial charge in [0.15, 0.2) is 11.5 Å². The van der Waals surface area contributed by atoms with Crippen molar-refractivity contribution in [2.24, 2.45) is 0 Å². The van der Waals surface area contributed by atoms with Crippen LogP contribution in [0.15, 0.2) is 47.0 Å². The summed E-state index contributed by atoms with van der Waals surface area (Å²) < 4.78 is 21.3. The lowest BCUT2D eigenvalue weighted by molar-refractivity contribution is 0.340. The Morgan fingerprint density at radius 1 is 0.917 bits per heavy atom. The first-order chi connectivity index (χ1) is 11.7. The first-order valence-electron chi connectivity index (χ1n) is 7.54. The molecule has 0 saturated heterocycles.